The Kier molecular flexibility index (Phi) is 3.93. The van der Waals surface area contributed by atoms with E-state index in [-0.39, 0.29) is 23.6 Å². The number of hydrogen-bond acceptors (Lipinski definition) is 3. The van der Waals surface area contributed by atoms with Crippen LogP contribution in [0.2, 0.25) is 0 Å². The molecule has 2 aromatic rings. The molecule has 0 aliphatic carbocycles. The van der Waals surface area contributed by atoms with Gasteiger partial charge in [0.05, 0.1) is 10.5 Å². The molecule has 0 fully saturated rings. The minimum atomic E-state index is -0.976. The van der Waals surface area contributed by atoms with E-state index >= 15 is 0 Å². The number of benzene rings is 2. The SMILES string of the molecule is Cc1c(OCc2cccc(F)c2F)cccc1[N+](=O)[O-]. The van der Waals surface area contributed by atoms with E-state index < -0.39 is 16.6 Å². The van der Waals surface area contributed by atoms with Crippen molar-refractivity contribution < 1.29 is 18.4 Å². The van der Waals surface area contributed by atoms with Crippen LogP contribution in [0.4, 0.5) is 14.5 Å². The number of nitro groups is 1. The van der Waals surface area contributed by atoms with Crippen LogP contribution in [0.5, 0.6) is 5.75 Å². The number of nitrogens with zero attached hydrogens (tertiary/aromatic N) is 1. The number of ether oxygens (including phenoxy) is 1. The van der Waals surface area contributed by atoms with Gasteiger partial charge < -0.3 is 4.74 Å². The molecule has 0 radical (unpaired) electrons. The van der Waals surface area contributed by atoms with Gasteiger partial charge in [-0.05, 0) is 19.1 Å². The van der Waals surface area contributed by atoms with Crippen LogP contribution in [-0.4, -0.2) is 4.92 Å². The van der Waals surface area contributed by atoms with Crippen LogP contribution in [0.15, 0.2) is 36.4 Å². The lowest BCUT2D eigenvalue weighted by atomic mass is 10.2. The summed E-state index contributed by atoms with van der Waals surface area (Å²) < 4.78 is 31.8. The van der Waals surface area contributed by atoms with Gasteiger partial charge in [-0.25, -0.2) is 8.78 Å². The Bertz CT molecular complexity index is 659. The van der Waals surface area contributed by atoms with Gasteiger partial charge in [0.25, 0.3) is 5.69 Å². The molecule has 6 heteroatoms. The van der Waals surface area contributed by atoms with Crippen LogP contribution >= 0.6 is 0 Å². The second kappa shape index (κ2) is 5.64. The lowest BCUT2D eigenvalue weighted by molar-refractivity contribution is -0.385. The van der Waals surface area contributed by atoms with Gasteiger partial charge in [-0.1, -0.05) is 18.2 Å². The van der Waals surface area contributed by atoms with Gasteiger partial charge in [0.1, 0.15) is 12.4 Å². The zero-order chi connectivity index (χ0) is 14.7. The van der Waals surface area contributed by atoms with E-state index in [0.717, 1.165) is 6.07 Å². The van der Waals surface area contributed by atoms with Crippen LogP contribution < -0.4 is 4.74 Å². The lowest BCUT2D eigenvalue weighted by Crippen LogP contribution is -2.02. The molecule has 0 N–H and O–H groups in total. The Morgan fingerprint density at radius 2 is 1.90 bits per heavy atom. The van der Waals surface area contributed by atoms with E-state index in [4.69, 9.17) is 4.74 Å². The third-order valence-corrected chi connectivity index (χ3v) is 2.87. The molecule has 2 rings (SSSR count). The van der Waals surface area contributed by atoms with Crippen molar-refractivity contribution >= 4 is 5.69 Å². The number of rotatable bonds is 4. The van der Waals surface area contributed by atoms with Crippen molar-refractivity contribution in [2.75, 3.05) is 0 Å². The molecule has 4 nitrogen and oxygen atoms in total. The largest absolute Gasteiger partial charge is 0.488 e. The van der Waals surface area contributed by atoms with Gasteiger partial charge in [-0.2, -0.15) is 0 Å². The second-order valence-electron chi connectivity index (χ2n) is 4.16. The van der Waals surface area contributed by atoms with Crippen molar-refractivity contribution in [1.82, 2.24) is 0 Å². The van der Waals surface area contributed by atoms with E-state index in [0.29, 0.717) is 5.56 Å². The second-order valence-corrected chi connectivity index (χ2v) is 4.16. The third kappa shape index (κ3) is 2.74. The quantitative estimate of drug-likeness (QED) is 0.632. The van der Waals surface area contributed by atoms with Crippen molar-refractivity contribution in [3.05, 3.63) is 69.3 Å². The predicted octanol–water partition coefficient (Wildman–Crippen LogP) is 3.76. The molecule has 0 spiro atoms. The molecule has 0 aromatic heterocycles. The van der Waals surface area contributed by atoms with Crippen LogP contribution in [-0.2, 0) is 6.61 Å². The van der Waals surface area contributed by atoms with Crippen molar-refractivity contribution in [3.63, 3.8) is 0 Å². The zero-order valence-corrected chi connectivity index (χ0v) is 10.6. The van der Waals surface area contributed by atoms with Gasteiger partial charge in [0.15, 0.2) is 11.6 Å². The molecule has 0 unspecified atom stereocenters. The molecule has 2 aromatic carbocycles. The summed E-state index contributed by atoms with van der Waals surface area (Å²) in [6.45, 7) is 1.33. The molecule has 104 valence electrons. The van der Waals surface area contributed by atoms with Gasteiger partial charge in [0, 0.05) is 11.6 Å². The van der Waals surface area contributed by atoms with E-state index in [1.807, 2.05) is 0 Å². The maximum atomic E-state index is 13.4. The standard InChI is InChI=1S/C14H11F2NO3/c1-9-12(17(18)19)6-3-7-13(9)20-8-10-4-2-5-11(15)14(10)16/h2-7H,8H2,1H3. The Morgan fingerprint density at radius 3 is 2.60 bits per heavy atom. The first kappa shape index (κ1) is 13.9. The number of nitro benzene ring substituents is 1. The summed E-state index contributed by atoms with van der Waals surface area (Å²) in [6, 6.07) is 8.15. The summed E-state index contributed by atoms with van der Waals surface area (Å²) in [4.78, 5) is 10.3. The minimum Gasteiger partial charge on any atom is -0.488 e. The Labute approximate surface area is 113 Å². The average Bonchev–Trinajstić information content (AvgIpc) is 2.41. The van der Waals surface area contributed by atoms with Crippen molar-refractivity contribution in [1.29, 1.82) is 0 Å². The molecule has 0 bridgehead atoms. The van der Waals surface area contributed by atoms with E-state index in [1.165, 1.54) is 31.2 Å². The maximum absolute atomic E-state index is 13.4. The monoisotopic (exact) mass is 279 g/mol. The fourth-order valence-electron chi connectivity index (χ4n) is 1.77. The fourth-order valence-corrected chi connectivity index (χ4v) is 1.77. The molecule has 0 saturated heterocycles. The Balaban J connectivity index is 2.21. The highest BCUT2D eigenvalue weighted by molar-refractivity contribution is 5.48. The molecular weight excluding hydrogens is 268 g/mol. The van der Waals surface area contributed by atoms with Crippen LogP contribution in [0.3, 0.4) is 0 Å². The molecule has 0 amide bonds. The summed E-state index contributed by atoms with van der Waals surface area (Å²) in [7, 11) is 0. The van der Waals surface area contributed by atoms with E-state index in [2.05, 4.69) is 0 Å². The van der Waals surface area contributed by atoms with Crippen LogP contribution in [0.25, 0.3) is 0 Å². The van der Waals surface area contributed by atoms with E-state index in [9.17, 15) is 18.9 Å². The summed E-state index contributed by atoms with van der Waals surface area (Å²) >= 11 is 0. The zero-order valence-electron chi connectivity index (χ0n) is 10.6. The molecule has 0 heterocycles. The molecule has 0 aliphatic heterocycles. The van der Waals surface area contributed by atoms with Gasteiger partial charge in [-0.15, -0.1) is 0 Å². The van der Waals surface area contributed by atoms with E-state index in [1.54, 1.807) is 6.07 Å². The van der Waals surface area contributed by atoms with Gasteiger partial charge in [-0.3, -0.25) is 10.1 Å². The molecule has 20 heavy (non-hydrogen) atoms. The van der Waals surface area contributed by atoms with Crippen LogP contribution in [0, 0.1) is 28.7 Å². The highest BCUT2D eigenvalue weighted by Crippen LogP contribution is 2.27. The topological polar surface area (TPSA) is 52.4 Å². The summed E-state index contributed by atoms with van der Waals surface area (Å²) in [6.07, 6.45) is 0. The Morgan fingerprint density at radius 1 is 1.20 bits per heavy atom. The van der Waals surface area contributed by atoms with Crippen molar-refractivity contribution in [2.45, 2.75) is 13.5 Å². The summed E-state index contributed by atoms with van der Waals surface area (Å²) in [5.74, 6) is -1.67. The molecule has 0 atom stereocenters. The van der Waals surface area contributed by atoms with Gasteiger partial charge >= 0.3 is 0 Å². The highest BCUT2D eigenvalue weighted by Gasteiger charge is 2.15. The highest BCUT2D eigenvalue weighted by atomic mass is 19.2. The smallest absolute Gasteiger partial charge is 0.276 e. The lowest BCUT2D eigenvalue weighted by Gasteiger charge is -2.10. The first-order valence-electron chi connectivity index (χ1n) is 5.80. The minimum absolute atomic E-state index is 0.0518. The first-order chi connectivity index (χ1) is 9.50. The number of hydrogen-bond donors (Lipinski definition) is 0. The van der Waals surface area contributed by atoms with Crippen molar-refractivity contribution in [3.8, 4) is 5.75 Å². The number of halogens is 2. The first-order valence-corrected chi connectivity index (χ1v) is 5.80. The molecular formula is C14H11F2NO3. The summed E-state index contributed by atoms with van der Waals surface area (Å²) in [5, 5.41) is 10.8. The Hall–Kier alpha value is -2.50. The van der Waals surface area contributed by atoms with Crippen LogP contribution in [0.1, 0.15) is 11.1 Å². The van der Waals surface area contributed by atoms with Crippen molar-refractivity contribution in [2.24, 2.45) is 0 Å². The summed E-state index contributed by atoms with van der Waals surface area (Å²) in [5.41, 5.74) is 0.312. The normalized spacial score (nSPS) is 10.3. The maximum Gasteiger partial charge on any atom is 0.276 e. The predicted molar refractivity (Wildman–Crippen MR) is 68.5 cm³/mol. The molecule has 0 aliphatic rings. The van der Waals surface area contributed by atoms with Gasteiger partial charge in [0.2, 0.25) is 0 Å². The fraction of sp³-hybridized carbons (Fsp3) is 0.143. The average molecular weight is 279 g/mol. The third-order valence-electron chi connectivity index (χ3n) is 2.87. The molecule has 0 saturated carbocycles.